The number of hydrogen-bond donors (Lipinski definition) is 1. The van der Waals surface area contributed by atoms with Crippen LogP contribution in [0.2, 0.25) is 0 Å². The first kappa shape index (κ1) is 17.4. The molecule has 25 heavy (non-hydrogen) atoms. The van der Waals surface area contributed by atoms with Gasteiger partial charge in [-0.05, 0) is 26.3 Å². The molecule has 0 bridgehead atoms. The standard InChI is InChI=1S/C19H21N3O2S/c1-5-14-21-18-16(19(24)22(14)11(3)17(20)23)15(12(4)25-18)13-8-6-10(2)7-9-13/h6-9,11H,5H2,1-4H3,(H2,20,23). The van der Waals surface area contributed by atoms with Gasteiger partial charge in [0.1, 0.15) is 16.7 Å². The second-order valence-corrected chi connectivity index (χ2v) is 7.42. The Bertz CT molecular complexity index is 1020. The molecule has 1 amide bonds. The summed E-state index contributed by atoms with van der Waals surface area (Å²) in [5.41, 5.74) is 8.29. The minimum atomic E-state index is -0.731. The van der Waals surface area contributed by atoms with Crippen LogP contribution in [0.15, 0.2) is 29.1 Å². The van der Waals surface area contributed by atoms with Crippen LogP contribution in [0, 0.1) is 13.8 Å². The molecule has 0 fully saturated rings. The van der Waals surface area contributed by atoms with Gasteiger partial charge in [-0.3, -0.25) is 14.2 Å². The number of thiophene rings is 1. The highest BCUT2D eigenvalue weighted by atomic mass is 32.1. The van der Waals surface area contributed by atoms with Crippen LogP contribution in [-0.2, 0) is 11.2 Å². The molecule has 130 valence electrons. The Morgan fingerprint density at radius 2 is 1.92 bits per heavy atom. The minimum absolute atomic E-state index is 0.201. The van der Waals surface area contributed by atoms with Gasteiger partial charge < -0.3 is 5.73 Å². The van der Waals surface area contributed by atoms with Gasteiger partial charge in [-0.2, -0.15) is 0 Å². The van der Waals surface area contributed by atoms with Crippen molar-refractivity contribution in [1.82, 2.24) is 9.55 Å². The van der Waals surface area contributed by atoms with Gasteiger partial charge in [0, 0.05) is 16.9 Å². The number of amides is 1. The van der Waals surface area contributed by atoms with Crippen LogP contribution in [0.3, 0.4) is 0 Å². The Morgan fingerprint density at radius 3 is 2.48 bits per heavy atom. The summed E-state index contributed by atoms with van der Waals surface area (Å²) in [4.78, 5) is 31.3. The average Bonchev–Trinajstić information content (AvgIpc) is 2.91. The summed E-state index contributed by atoms with van der Waals surface area (Å²) < 4.78 is 1.44. The fourth-order valence-electron chi connectivity index (χ4n) is 3.06. The van der Waals surface area contributed by atoms with Gasteiger partial charge in [-0.15, -0.1) is 11.3 Å². The highest BCUT2D eigenvalue weighted by molar-refractivity contribution is 7.19. The third-order valence-electron chi connectivity index (χ3n) is 4.46. The maximum absolute atomic E-state index is 13.3. The van der Waals surface area contributed by atoms with Crippen molar-refractivity contribution in [2.45, 2.75) is 40.2 Å². The Hall–Kier alpha value is -2.47. The van der Waals surface area contributed by atoms with E-state index in [0.717, 1.165) is 21.6 Å². The van der Waals surface area contributed by atoms with Gasteiger partial charge in [0.05, 0.1) is 5.39 Å². The van der Waals surface area contributed by atoms with Gasteiger partial charge in [0.15, 0.2) is 0 Å². The molecule has 5 nitrogen and oxygen atoms in total. The number of nitrogens with zero attached hydrogens (tertiary/aromatic N) is 2. The second-order valence-electron chi connectivity index (χ2n) is 6.21. The third-order valence-corrected chi connectivity index (χ3v) is 5.46. The van der Waals surface area contributed by atoms with E-state index < -0.39 is 11.9 Å². The molecule has 6 heteroatoms. The van der Waals surface area contributed by atoms with E-state index in [-0.39, 0.29) is 5.56 Å². The first-order valence-corrected chi connectivity index (χ1v) is 9.07. The van der Waals surface area contributed by atoms with E-state index in [2.05, 4.69) is 4.98 Å². The maximum atomic E-state index is 13.3. The number of fused-ring (bicyclic) bond motifs is 1. The van der Waals surface area contributed by atoms with E-state index in [0.29, 0.717) is 22.5 Å². The summed E-state index contributed by atoms with van der Waals surface area (Å²) >= 11 is 1.51. The van der Waals surface area contributed by atoms with Crippen LogP contribution in [0.25, 0.3) is 21.3 Å². The van der Waals surface area contributed by atoms with Crippen molar-refractivity contribution in [2.24, 2.45) is 5.73 Å². The van der Waals surface area contributed by atoms with E-state index in [9.17, 15) is 9.59 Å². The monoisotopic (exact) mass is 355 g/mol. The Kier molecular flexibility index (Phi) is 4.47. The molecule has 2 heterocycles. The highest BCUT2D eigenvalue weighted by Gasteiger charge is 2.23. The van der Waals surface area contributed by atoms with Crippen LogP contribution in [0.5, 0.6) is 0 Å². The van der Waals surface area contributed by atoms with Crippen LogP contribution >= 0.6 is 11.3 Å². The first-order chi connectivity index (χ1) is 11.8. The van der Waals surface area contributed by atoms with Crippen molar-refractivity contribution in [1.29, 1.82) is 0 Å². The summed E-state index contributed by atoms with van der Waals surface area (Å²) in [6.45, 7) is 7.58. The van der Waals surface area contributed by atoms with Crippen LogP contribution < -0.4 is 11.3 Å². The Labute approximate surface area is 150 Å². The van der Waals surface area contributed by atoms with Gasteiger partial charge in [0.25, 0.3) is 5.56 Å². The summed E-state index contributed by atoms with van der Waals surface area (Å²) in [5, 5.41) is 0.566. The first-order valence-electron chi connectivity index (χ1n) is 8.26. The molecule has 1 unspecified atom stereocenters. The zero-order valence-electron chi connectivity index (χ0n) is 14.8. The van der Waals surface area contributed by atoms with Gasteiger partial charge in [-0.25, -0.2) is 4.98 Å². The van der Waals surface area contributed by atoms with Gasteiger partial charge >= 0.3 is 0 Å². The second kappa shape index (κ2) is 6.44. The number of carbonyl (C=O) groups is 1. The third kappa shape index (κ3) is 2.87. The van der Waals surface area contributed by atoms with E-state index in [1.807, 2.05) is 45.0 Å². The van der Waals surface area contributed by atoms with Crippen molar-refractivity contribution in [2.75, 3.05) is 0 Å². The number of rotatable bonds is 4. The molecule has 0 saturated heterocycles. The smallest absolute Gasteiger partial charge is 0.263 e. The molecule has 3 aromatic rings. The molecule has 2 N–H and O–H groups in total. The lowest BCUT2D eigenvalue weighted by Gasteiger charge is -2.16. The largest absolute Gasteiger partial charge is 0.368 e. The predicted molar refractivity (Wildman–Crippen MR) is 102 cm³/mol. The molecule has 0 saturated carbocycles. The molecule has 0 spiro atoms. The normalized spacial score (nSPS) is 12.5. The zero-order valence-corrected chi connectivity index (χ0v) is 15.6. The Morgan fingerprint density at radius 1 is 1.28 bits per heavy atom. The molecule has 1 atom stereocenters. The molecule has 3 rings (SSSR count). The van der Waals surface area contributed by atoms with Crippen molar-refractivity contribution < 1.29 is 4.79 Å². The molecule has 0 aliphatic rings. The fraction of sp³-hybridized carbons (Fsp3) is 0.316. The quantitative estimate of drug-likeness (QED) is 0.779. The van der Waals surface area contributed by atoms with E-state index in [1.54, 1.807) is 6.92 Å². The topological polar surface area (TPSA) is 78.0 Å². The van der Waals surface area contributed by atoms with Gasteiger partial charge in [0.2, 0.25) is 5.91 Å². The number of hydrogen-bond acceptors (Lipinski definition) is 4. The molecular weight excluding hydrogens is 334 g/mol. The van der Waals surface area contributed by atoms with Crippen molar-refractivity contribution in [3.8, 4) is 11.1 Å². The molecular formula is C19H21N3O2S. The molecule has 0 aliphatic carbocycles. The fourth-order valence-corrected chi connectivity index (χ4v) is 4.11. The van der Waals surface area contributed by atoms with Crippen molar-refractivity contribution >= 4 is 27.5 Å². The lowest BCUT2D eigenvalue weighted by Crippen LogP contribution is -2.34. The predicted octanol–water partition coefficient (Wildman–Crippen LogP) is 3.35. The number of carbonyl (C=O) groups excluding carboxylic acids is 1. The SMILES string of the molecule is CCc1nc2sc(C)c(-c3ccc(C)cc3)c2c(=O)n1C(C)C(N)=O. The van der Waals surface area contributed by atoms with Crippen molar-refractivity contribution in [3.05, 3.63) is 50.9 Å². The van der Waals surface area contributed by atoms with E-state index in [1.165, 1.54) is 15.9 Å². The lowest BCUT2D eigenvalue weighted by atomic mass is 10.0. The van der Waals surface area contributed by atoms with Crippen molar-refractivity contribution in [3.63, 3.8) is 0 Å². The lowest BCUT2D eigenvalue weighted by molar-refractivity contribution is -0.120. The van der Waals surface area contributed by atoms with Crippen LogP contribution in [-0.4, -0.2) is 15.5 Å². The molecule has 0 aliphatic heterocycles. The zero-order chi connectivity index (χ0) is 18.3. The highest BCUT2D eigenvalue weighted by Crippen LogP contribution is 2.36. The summed E-state index contributed by atoms with van der Waals surface area (Å²) in [6.07, 6.45) is 0.555. The number of benzene rings is 1. The average molecular weight is 355 g/mol. The summed E-state index contributed by atoms with van der Waals surface area (Å²) in [6, 6.07) is 7.34. The summed E-state index contributed by atoms with van der Waals surface area (Å²) in [7, 11) is 0. The number of aryl methyl sites for hydroxylation is 3. The van der Waals surface area contributed by atoms with Gasteiger partial charge in [-0.1, -0.05) is 36.8 Å². The molecule has 2 aromatic heterocycles. The summed E-state index contributed by atoms with van der Waals surface area (Å²) in [5.74, 6) is 0.0438. The number of aromatic nitrogens is 2. The van der Waals surface area contributed by atoms with Crippen LogP contribution in [0.4, 0.5) is 0 Å². The maximum Gasteiger partial charge on any atom is 0.263 e. The minimum Gasteiger partial charge on any atom is -0.368 e. The number of nitrogens with two attached hydrogens (primary N) is 1. The van der Waals surface area contributed by atoms with E-state index in [4.69, 9.17) is 5.73 Å². The number of primary amides is 1. The molecule has 0 radical (unpaired) electrons. The van der Waals surface area contributed by atoms with Crippen LogP contribution in [0.1, 0.15) is 36.2 Å². The van der Waals surface area contributed by atoms with E-state index >= 15 is 0 Å². The Balaban J connectivity index is 2.39. The molecule has 1 aromatic carbocycles.